The van der Waals surface area contributed by atoms with E-state index in [1.807, 2.05) is 0 Å². The fourth-order valence-electron chi connectivity index (χ4n) is 6.55. The largest absolute Gasteiger partial charge is 0.354 e. The van der Waals surface area contributed by atoms with Gasteiger partial charge >= 0.3 is 0 Å². The monoisotopic (exact) mass is 378 g/mol. The van der Waals surface area contributed by atoms with Gasteiger partial charge in [0.2, 0.25) is 0 Å². The van der Waals surface area contributed by atoms with Crippen LogP contribution < -0.4 is 5.32 Å². The van der Waals surface area contributed by atoms with Crippen LogP contribution in [0.5, 0.6) is 0 Å². The summed E-state index contributed by atoms with van der Waals surface area (Å²) in [7, 11) is 0. The fourth-order valence-corrected chi connectivity index (χ4v) is 6.55. The molecule has 0 unspecified atom stereocenters. The molecule has 0 saturated carbocycles. The van der Waals surface area contributed by atoms with E-state index in [0.717, 1.165) is 29.5 Å². The Labute approximate surface area is 167 Å². The van der Waals surface area contributed by atoms with Gasteiger partial charge in [-0.3, -0.25) is 4.79 Å². The predicted octanol–water partition coefficient (Wildman–Crippen LogP) is 4.84. The Balaban J connectivity index is 1.71. The van der Waals surface area contributed by atoms with E-state index in [4.69, 9.17) is 4.74 Å². The quantitative estimate of drug-likeness (QED) is 0.476. The highest BCUT2D eigenvalue weighted by Crippen LogP contribution is 2.59. The second kappa shape index (κ2) is 4.71. The van der Waals surface area contributed by atoms with Crippen molar-refractivity contribution >= 4 is 27.7 Å². The maximum atomic E-state index is 13.0. The lowest BCUT2D eigenvalue weighted by atomic mass is 9.86. The molecule has 3 atom stereocenters. The molecule has 4 nitrogen and oxygen atoms in total. The van der Waals surface area contributed by atoms with Gasteiger partial charge in [-0.1, -0.05) is 42.5 Å². The number of rotatable bonds is 0. The van der Waals surface area contributed by atoms with Gasteiger partial charge in [0.25, 0.3) is 5.91 Å². The highest BCUT2D eigenvalue weighted by Gasteiger charge is 2.48. The van der Waals surface area contributed by atoms with Gasteiger partial charge in [-0.05, 0) is 41.2 Å². The summed E-state index contributed by atoms with van der Waals surface area (Å²) in [5.74, 6) is 0.272. The number of nitrogens with zero attached hydrogens (tertiary/aromatic N) is 1. The Kier molecular flexibility index (Phi) is 2.41. The number of aromatic nitrogens is 1. The standard InChI is InChI=1S/C25H18N2O2/c28-25-22-15(11-26-25)19-14-7-3-4-8-16(14)27-18-10-9-17(29-18)20-12-5-1-2-6-13(12)21(22)23(20)24(19)27/h1-8,17-18,20H,9-11H2,(H,26,28)/t17-,18+,20-/m0/s1. The van der Waals surface area contributed by atoms with Gasteiger partial charge in [-0.2, -0.15) is 0 Å². The van der Waals surface area contributed by atoms with Crippen molar-refractivity contribution in [3.05, 3.63) is 70.8 Å². The smallest absolute Gasteiger partial charge is 0.252 e. The molecule has 4 heterocycles. The first-order valence-electron chi connectivity index (χ1n) is 10.5. The Bertz CT molecular complexity index is 1430. The predicted molar refractivity (Wildman–Crippen MR) is 111 cm³/mol. The molecular weight excluding hydrogens is 360 g/mol. The Hall–Kier alpha value is -3.11. The first kappa shape index (κ1) is 14.8. The van der Waals surface area contributed by atoms with Gasteiger partial charge in [0.05, 0.1) is 22.7 Å². The summed E-state index contributed by atoms with van der Waals surface area (Å²) in [5, 5.41) is 5.61. The van der Waals surface area contributed by atoms with Crippen LogP contribution in [0, 0.1) is 0 Å². The van der Waals surface area contributed by atoms with Crippen molar-refractivity contribution in [2.75, 3.05) is 0 Å². The molecule has 8 rings (SSSR count). The van der Waals surface area contributed by atoms with Crippen LogP contribution in [-0.2, 0) is 11.3 Å². The minimum Gasteiger partial charge on any atom is -0.354 e. The third-order valence-corrected chi connectivity index (χ3v) is 7.51. The molecule has 3 aliphatic heterocycles. The van der Waals surface area contributed by atoms with E-state index in [-0.39, 0.29) is 24.2 Å². The van der Waals surface area contributed by atoms with Gasteiger partial charge in [-0.15, -0.1) is 0 Å². The zero-order valence-electron chi connectivity index (χ0n) is 15.7. The van der Waals surface area contributed by atoms with Crippen LogP contribution >= 0.6 is 0 Å². The molecule has 4 aliphatic rings. The molecule has 2 bridgehead atoms. The average molecular weight is 378 g/mol. The van der Waals surface area contributed by atoms with E-state index in [1.54, 1.807) is 0 Å². The highest BCUT2D eigenvalue weighted by atomic mass is 16.5. The van der Waals surface area contributed by atoms with Crippen molar-refractivity contribution < 1.29 is 9.53 Å². The number of nitrogens with one attached hydrogen (secondary N) is 1. The van der Waals surface area contributed by atoms with Crippen LogP contribution in [0.25, 0.3) is 32.9 Å². The Morgan fingerprint density at radius 3 is 2.83 bits per heavy atom. The maximum Gasteiger partial charge on any atom is 0.252 e. The molecule has 1 aliphatic carbocycles. The van der Waals surface area contributed by atoms with Gasteiger partial charge < -0.3 is 14.6 Å². The first-order valence-corrected chi connectivity index (χ1v) is 10.5. The molecule has 1 saturated heterocycles. The van der Waals surface area contributed by atoms with Crippen LogP contribution in [0.4, 0.5) is 0 Å². The van der Waals surface area contributed by atoms with Gasteiger partial charge in [-0.25, -0.2) is 0 Å². The van der Waals surface area contributed by atoms with E-state index in [9.17, 15) is 4.79 Å². The van der Waals surface area contributed by atoms with E-state index in [1.165, 1.54) is 38.5 Å². The molecule has 1 amide bonds. The highest BCUT2D eigenvalue weighted by molar-refractivity contribution is 6.20. The summed E-state index contributed by atoms with van der Waals surface area (Å²) < 4.78 is 9.12. The SMILES string of the molecule is O=C1NCc2c1c1c3c4c2c2ccccc2n4[C@H]2CC[C@H](O2)[C@@H]3c2ccccc2-1. The molecule has 4 heteroatoms. The number of carbonyl (C=O) groups is 1. The third-order valence-electron chi connectivity index (χ3n) is 7.51. The molecule has 1 N–H and O–H groups in total. The Morgan fingerprint density at radius 2 is 1.86 bits per heavy atom. The molecule has 140 valence electrons. The van der Waals surface area contributed by atoms with Crippen LogP contribution in [0.3, 0.4) is 0 Å². The molecule has 3 aromatic carbocycles. The second-order valence-electron chi connectivity index (χ2n) is 8.71. The number of para-hydroxylation sites is 1. The van der Waals surface area contributed by atoms with Crippen molar-refractivity contribution in [1.29, 1.82) is 0 Å². The molecule has 29 heavy (non-hydrogen) atoms. The summed E-state index contributed by atoms with van der Waals surface area (Å²) in [6.45, 7) is 0.605. The molecule has 1 fully saturated rings. The van der Waals surface area contributed by atoms with Gasteiger partial charge in [0.15, 0.2) is 0 Å². The van der Waals surface area contributed by atoms with Crippen molar-refractivity contribution in [1.82, 2.24) is 9.88 Å². The normalized spacial score (nSPS) is 25.4. The summed E-state index contributed by atoms with van der Waals surface area (Å²) >= 11 is 0. The van der Waals surface area contributed by atoms with Crippen LogP contribution in [0.2, 0.25) is 0 Å². The first-order chi connectivity index (χ1) is 14.3. The molecule has 1 aromatic heterocycles. The summed E-state index contributed by atoms with van der Waals surface area (Å²) in [5.41, 5.74) is 9.58. The second-order valence-corrected chi connectivity index (χ2v) is 8.71. The number of benzene rings is 3. The van der Waals surface area contributed by atoms with E-state index < -0.39 is 0 Å². The van der Waals surface area contributed by atoms with Gasteiger partial charge in [0, 0.05) is 28.8 Å². The number of carbonyl (C=O) groups excluding carboxylic acids is 1. The zero-order valence-corrected chi connectivity index (χ0v) is 15.7. The lowest BCUT2D eigenvalue weighted by Gasteiger charge is -2.20. The number of amides is 1. The number of fused-ring (bicyclic) bond motifs is 13. The zero-order chi connectivity index (χ0) is 18.9. The van der Waals surface area contributed by atoms with E-state index in [2.05, 4.69) is 58.4 Å². The third kappa shape index (κ3) is 1.51. The molecule has 0 spiro atoms. The van der Waals surface area contributed by atoms with E-state index in [0.29, 0.717) is 6.54 Å². The summed E-state index contributed by atoms with van der Waals surface area (Å²) in [6, 6.07) is 17.3. The molecule has 0 radical (unpaired) electrons. The van der Waals surface area contributed by atoms with Crippen molar-refractivity contribution in [3.63, 3.8) is 0 Å². The lowest BCUT2D eigenvalue weighted by Crippen LogP contribution is -2.16. The van der Waals surface area contributed by atoms with Crippen molar-refractivity contribution in [2.45, 2.75) is 37.6 Å². The van der Waals surface area contributed by atoms with Crippen molar-refractivity contribution in [2.24, 2.45) is 0 Å². The Morgan fingerprint density at radius 1 is 1.00 bits per heavy atom. The topological polar surface area (TPSA) is 43.3 Å². The minimum absolute atomic E-state index is 0.0655. The van der Waals surface area contributed by atoms with Crippen LogP contribution in [0.15, 0.2) is 48.5 Å². The lowest BCUT2D eigenvalue weighted by molar-refractivity contribution is 0.00493. The molecular formula is C25H18N2O2. The van der Waals surface area contributed by atoms with E-state index >= 15 is 0 Å². The average Bonchev–Trinajstić information content (AvgIpc) is 3.47. The van der Waals surface area contributed by atoms with Gasteiger partial charge in [0.1, 0.15) is 6.23 Å². The number of hydrogen-bond donors (Lipinski definition) is 1. The molecule has 4 aromatic rings. The van der Waals surface area contributed by atoms with Crippen molar-refractivity contribution in [3.8, 4) is 11.1 Å². The van der Waals surface area contributed by atoms with Crippen LogP contribution in [-0.4, -0.2) is 16.6 Å². The minimum atomic E-state index is 0.0655. The summed E-state index contributed by atoms with van der Waals surface area (Å²) in [6.07, 6.45) is 2.35. The fraction of sp³-hybridized carbons (Fsp3) is 0.240. The number of ether oxygens (including phenoxy) is 1. The maximum absolute atomic E-state index is 13.0. The van der Waals surface area contributed by atoms with Crippen LogP contribution in [0.1, 0.15) is 52.0 Å². The number of hydrogen-bond acceptors (Lipinski definition) is 2. The summed E-state index contributed by atoms with van der Waals surface area (Å²) in [4.78, 5) is 13.0.